The van der Waals surface area contributed by atoms with Crippen LogP contribution < -0.4 is 25.4 Å². The van der Waals surface area contributed by atoms with Gasteiger partial charge in [0.15, 0.2) is 16.7 Å². The number of methoxy groups -OCH3 is 2. The van der Waals surface area contributed by atoms with Crippen molar-refractivity contribution in [3.63, 3.8) is 0 Å². The van der Waals surface area contributed by atoms with Gasteiger partial charge in [-0.25, -0.2) is 9.97 Å². The van der Waals surface area contributed by atoms with E-state index in [0.29, 0.717) is 40.5 Å². The minimum absolute atomic E-state index is 0.0541. The second-order valence-corrected chi connectivity index (χ2v) is 10.8. The summed E-state index contributed by atoms with van der Waals surface area (Å²) < 4.78 is 11.0. The highest BCUT2D eigenvalue weighted by molar-refractivity contribution is 7.98. The lowest BCUT2D eigenvalue weighted by Crippen LogP contribution is -2.31. The van der Waals surface area contributed by atoms with Crippen LogP contribution in [0.25, 0.3) is 0 Å². The van der Waals surface area contributed by atoms with Crippen molar-refractivity contribution >= 4 is 35.1 Å². The molecule has 0 aliphatic carbocycles. The molecule has 0 atom stereocenters. The van der Waals surface area contributed by atoms with Crippen LogP contribution in [0.3, 0.4) is 0 Å². The summed E-state index contributed by atoms with van der Waals surface area (Å²) in [6, 6.07) is 13.6. The van der Waals surface area contributed by atoms with Crippen molar-refractivity contribution in [3.8, 4) is 11.5 Å². The van der Waals surface area contributed by atoms with Gasteiger partial charge in [-0.3, -0.25) is 4.79 Å². The highest BCUT2D eigenvalue weighted by atomic mass is 35.5. The fraction of sp³-hybridized carbons (Fsp3) is 0.414. The summed E-state index contributed by atoms with van der Waals surface area (Å²) in [6.45, 7) is 2.89. The van der Waals surface area contributed by atoms with Crippen LogP contribution in [0.15, 0.2) is 47.6 Å². The Balaban J connectivity index is 1.37. The molecule has 1 aromatic heterocycles. The highest BCUT2D eigenvalue weighted by Crippen LogP contribution is 2.35. The molecule has 1 amide bonds. The van der Waals surface area contributed by atoms with Gasteiger partial charge in [0.1, 0.15) is 11.0 Å². The van der Waals surface area contributed by atoms with Crippen molar-refractivity contribution in [2.75, 3.05) is 38.8 Å². The van der Waals surface area contributed by atoms with Gasteiger partial charge in [0.2, 0.25) is 0 Å². The number of aromatic nitrogens is 2. The average Bonchev–Trinajstić information content (AvgIpc) is 2.96. The number of carbonyl (C=O) groups is 1. The van der Waals surface area contributed by atoms with Gasteiger partial charge in [-0.2, -0.15) is 0 Å². The number of hydrogen-bond acceptors (Lipinski definition) is 8. The van der Waals surface area contributed by atoms with Gasteiger partial charge in [0.05, 0.1) is 14.2 Å². The molecule has 0 unspecified atom stereocenters. The lowest BCUT2D eigenvalue weighted by molar-refractivity contribution is 0.0953. The number of ether oxygens (including phenoxy) is 2. The molecule has 0 radical (unpaired) electrons. The maximum absolute atomic E-state index is 12.6. The first-order valence-electron chi connectivity index (χ1n) is 13.2. The number of benzene rings is 2. The molecule has 0 saturated carbocycles. The quantitative estimate of drug-likeness (QED) is 0.124. The van der Waals surface area contributed by atoms with E-state index < -0.39 is 0 Å². The molecule has 4 rings (SSSR count). The van der Waals surface area contributed by atoms with Gasteiger partial charge in [0.25, 0.3) is 5.91 Å². The zero-order valence-corrected chi connectivity index (χ0v) is 24.1. The number of rotatable bonds is 13. The summed E-state index contributed by atoms with van der Waals surface area (Å²) in [5.74, 6) is 2.82. The van der Waals surface area contributed by atoms with E-state index in [2.05, 4.69) is 21.3 Å². The Kier molecular flexibility index (Phi) is 10.7. The molecule has 3 aromatic rings. The SMILES string of the molecule is COc1cc2c(cc1OC)CN(c1cc(Cl)nc(SCc3cccc(C(=O)NCCCCCCN)c3)n1)CC2. The zero-order valence-electron chi connectivity index (χ0n) is 22.5. The third-order valence-electron chi connectivity index (χ3n) is 6.68. The fourth-order valence-corrected chi connectivity index (χ4v) is 5.59. The molecule has 1 aliphatic heterocycles. The van der Waals surface area contributed by atoms with Crippen LogP contribution in [0, 0.1) is 0 Å². The van der Waals surface area contributed by atoms with Crippen molar-refractivity contribution in [2.45, 2.75) is 49.6 Å². The van der Waals surface area contributed by atoms with Gasteiger partial charge in [0, 0.05) is 37.0 Å². The van der Waals surface area contributed by atoms with Crippen LogP contribution in [0.2, 0.25) is 5.15 Å². The molecule has 2 aromatic carbocycles. The Morgan fingerprint density at radius 1 is 1.05 bits per heavy atom. The Bertz CT molecular complexity index is 1280. The molecule has 0 fully saturated rings. The van der Waals surface area contributed by atoms with E-state index in [0.717, 1.165) is 62.3 Å². The van der Waals surface area contributed by atoms with E-state index in [4.69, 9.17) is 31.8 Å². The molecule has 3 N–H and O–H groups in total. The largest absolute Gasteiger partial charge is 0.493 e. The molecule has 1 aliphatic rings. The monoisotopic (exact) mass is 569 g/mol. The molecule has 208 valence electrons. The summed E-state index contributed by atoms with van der Waals surface area (Å²) in [5.41, 5.74) is 9.63. The molecular weight excluding hydrogens is 534 g/mol. The Morgan fingerprint density at radius 3 is 2.59 bits per heavy atom. The molecular formula is C29H36ClN5O3S. The van der Waals surface area contributed by atoms with E-state index in [9.17, 15) is 4.79 Å². The number of nitrogens with one attached hydrogen (secondary N) is 1. The number of nitrogens with two attached hydrogens (primary N) is 1. The van der Waals surface area contributed by atoms with Crippen LogP contribution in [0.4, 0.5) is 5.82 Å². The minimum atomic E-state index is -0.0541. The Labute approximate surface area is 239 Å². The molecule has 0 spiro atoms. The van der Waals surface area contributed by atoms with E-state index in [-0.39, 0.29) is 5.91 Å². The first-order valence-corrected chi connectivity index (χ1v) is 14.6. The number of halogens is 1. The summed E-state index contributed by atoms with van der Waals surface area (Å²) in [5, 5.41) is 4.01. The van der Waals surface area contributed by atoms with Gasteiger partial charge < -0.3 is 25.4 Å². The fourth-order valence-electron chi connectivity index (χ4n) is 4.57. The number of unbranched alkanes of at least 4 members (excludes halogenated alkanes) is 3. The number of nitrogens with zero attached hydrogens (tertiary/aromatic N) is 3. The molecule has 39 heavy (non-hydrogen) atoms. The lowest BCUT2D eigenvalue weighted by Gasteiger charge is -2.30. The van der Waals surface area contributed by atoms with Crippen molar-refractivity contribution in [2.24, 2.45) is 5.73 Å². The number of amides is 1. The second-order valence-electron chi connectivity index (χ2n) is 9.43. The van der Waals surface area contributed by atoms with Crippen LogP contribution in [-0.4, -0.2) is 49.7 Å². The Morgan fingerprint density at radius 2 is 1.82 bits per heavy atom. The number of hydrogen-bond donors (Lipinski definition) is 2. The third kappa shape index (κ3) is 8.00. The van der Waals surface area contributed by atoms with Crippen molar-refractivity contribution in [1.29, 1.82) is 0 Å². The van der Waals surface area contributed by atoms with Crippen molar-refractivity contribution in [1.82, 2.24) is 15.3 Å². The summed E-state index contributed by atoms with van der Waals surface area (Å²) >= 11 is 7.91. The molecule has 2 heterocycles. The number of thioether (sulfide) groups is 1. The molecule has 10 heteroatoms. The zero-order chi connectivity index (χ0) is 27.6. The number of fused-ring (bicyclic) bond motifs is 1. The third-order valence-corrected chi connectivity index (χ3v) is 7.79. The minimum Gasteiger partial charge on any atom is -0.493 e. The predicted octanol–water partition coefficient (Wildman–Crippen LogP) is 5.25. The van der Waals surface area contributed by atoms with E-state index in [1.807, 2.05) is 30.3 Å². The summed E-state index contributed by atoms with van der Waals surface area (Å²) in [6.07, 6.45) is 5.02. The van der Waals surface area contributed by atoms with Crippen LogP contribution in [0.1, 0.15) is 52.7 Å². The normalized spacial score (nSPS) is 12.7. The van der Waals surface area contributed by atoms with E-state index in [1.54, 1.807) is 20.3 Å². The maximum Gasteiger partial charge on any atom is 0.251 e. The van der Waals surface area contributed by atoms with Gasteiger partial charge in [-0.05, 0) is 66.8 Å². The standard InChI is InChI=1S/C29H36ClN5O3S/c1-37-24-15-21-10-13-35(18-23(21)16-25(24)38-2)27-17-26(30)33-29(34-27)39-19-20-8-7-9-22(14-20)28(36)32-12-6-4-3-5-11-31/h7-9,14-17H,3-6,10-13,18-19,31H2,1-2H3,(H,32,36). The van der Waals surface area contributed by atoms with Crippen LogP contribution >= 0.6 is 23.4 Å². The first-order chi connectivity index (χ1) is 19.0. The number of carbonyl (C=O) groups excluding carboxylic acids is 1. The molecule has 8 nitrogen and oxygen atoms in total. The van der Waals surface area contributed by atoms with E-state index in [1.165, 1.54) is 22.9 Å². The molecule has 0 bridgehead atoms. The van der Waals surface area contributed by atoms with Gasteiger partial charge >= 0.3 is 0 Å². The van der Waals surface area contributed by atoms with E-state index >= 15 is 0 Å². The topological polar surface area (TPSA) is 103 Å². The first kappa shape index (κ1) is 29.0. The Hall–Kier alpha value is -3.01. The summed E-state index contributed by atoms with van der Waals surface area (Å²) in [4.78, 5) is 24.0. The van der Waals surface area contributed by atoms with Gasteiger partial charge in [-0.15, -0.1) is 0 Å². The van der Waals surface area contributed by atoms with Crippen LogP contribution in [0.5, 0.6) is 11.5 Å². The van der Waals surface area contributed by atoms with Crippen molar-refractivity contribution in [3.05, 3.63) is 69.9 Å². The average molecular weight is 570 g/mol. The maximum atomic E-state index is 12.6. The second kappa shape index (κ2) is 14.4. The van der Waals surface area contributed by atoms with Crippen molar-refractivity contribution < 1.29 is 14.3 Å². The van der Waals surface area contributed by atoms with Crippen LogP contribution in [-0.2, 0) is 18.7 Å². The van der Waals surface area contributed by atoms with Gasteiger partial charge in [-0.1, -0.05) is 48.3 Å². The highest BCUT2D eigenvalue weighted by Gasteiger charge is 2.21. The predicted molar refractivity (Wildman–Crippen MR) is 157 cm³/mol. The smallest absolute Gasteiger partial charge is 0.251 e. The summed E-state index contributed by atoms with van der Waals surface area (Å²) in [7, 11) is 3.30. The molecule has 0 saturated heterocycles. The lowest BCUT2D eigenvalue weighted by atomic mass is 9.99. The number of anilines is 1.